The molecule has 0 saturated carbocycles. The van der Waals surface area contributed by atoms with Crippen molar-refractivity contribution in [2.24, 2.45) is 10.7 Å². The Morgan fingerprint density at radius 1 is 1.38 bits per heavy atom. The van der Waals surface area contributed by atoms with Crippen molar-refractivity contribution >= 4 is 11.8 Å². The first-order valence-electron chi connectivity index (χ1n) is 7.73. The van der Waals surface area contributed by atoms with E-state index in [2.05, 4.69) is 14.9 Å². The predicted octanol–water partition coefficient (Wildman–Crippen LogP) is 2.74. The van der Waals surface area contributed by atoms with Gasteiger partial charge in [-0.25, -0.2) is 9.38 Å². The lowest BCUT2D eigenvalue weighted by Crippen LogP contribution is -2.51. The van der Waals surface area contributed by atoms with Crippen LogP contribution >= 0.6 is 0 Å². The van der Waals surface area contributed by atoms with E-state index in [4.69, 9.17) is 10.3 Å². The summed E-state index contributed by atoms with van der Waals surface area (Å²) in [7, 11) is 0. The minimum Gasteiger partial charge on any atom is -0.459 e. The van der Waals surface area contributed by atoms with Crippen molar-refractivity contribution in [3.05, 3.63) is 52.7 Å². The van der Waals surface area contributed by atoms with Crippen LogP contribution in [0.1, 0.15) is 34.1 Å². The van der Waals surface area contributed by atoms with Crippen LogP contribution in [0.2, 0.25) is 0 Å². The van der Waals surface area contributed by atoms with Gasteiger partial charge in [-0.2, -0.15) is 8.78 Å². The van der Waals surface area contributed by atoms with Crippen molar-refractivity contribution in [1.82, 2.24) is 5.16 Å². The van der Waals surface area contributed by atoms with Crippen LogP contribution in [-0.4, -0.2) is 29.5 Å². The first-order valence-corrected chi connectivity index (χ1v) is 7.73. The van der Waals surface area contributed by atoms with E-state index in [1.807, 2.05) is 0 Å². The number of ether oxygens (including phenoxy) is 1. The molecular formula is C17H16F3N3O3. The summed E-state index contributed by atoms with van der Waals surface area (Å²) in [6.07, 6.45) is 1.17. The van der Waals surface area contributed by atoms with Gasteiger partial charge in [-0.1, -0.05) is 11.2 Å². The topological polar surface area (TPSA) is 90.7 Å². The van der Waals surface area contributed by atoms with Crippen LogP contribution < -0.4 is 5.73 Å². The molecule has 0 saturated heterocycles. The lowest BCUT2D eigenvalue weighted by molar-refractivity contribution is -0.117. The highest BCUT2D eigenvalue weighted by Crippen LogP contribution is 2.44. The van der Waals surface area contributed by atoms with Gasteiger partial charge in [0.05, 0.1) is 0 Å². The molecule has 0 spiro atoms. The number of rotatable bonds is 4. The van der Waals surface area contributed by atoms with Crippen molar-refractivity contribution in [3.63, 3.8) is 0 Å². The van der Waals surface area contributed by atoms with Gasteiger partial charge in [-0.3, -0.25) is 4.79 Å². The number of ketones is 1. The van der Waals surface area contributed by atoms with E-state index in [1.54, 1.807) is 6.92 Å². The fraction of sp³-hybridized carbons (Fsp3) is 0.353. The fourth-order valence-corrected chi connectivity index (χ4v) is 2.78. The smallest absolute Gasteiger partial charge is 0.310 e. The highest BCUT2D eigenvalue weighted by atomic mass is 19.3. The fourth-order valence-electron chi connectivity index (χ4n) is 2.78. The minimum atomic E-state index is -3.48. The third-order valence-corrected chi connectivity index (χ3v) is 4.38. The number of amidine groups is 1. The molecule has 0 aliphatic carbocycles. The summed E-state index contributed by atoms with van der Waals surface area (Å²) in [5.74, 6) is -4.73. The molecule has 0 fully saturated rings. The molecule has 0 amide bonds. The summed E-state index contributed by atoms with van der Waals surface area (Å²) in [6.45, 7) is 1.72. The lowest BCUT2D eigenvalue weighted by atomic mass is 9.84. The van der Waals surface area contributed by atoms with Crippen LogP contribution in [0.3, 0.4) is 0 Å². The summed E-state index contributed by atoms with van der Waals surface area (Å²) in [5, 5.41) is 3.61. The van der Waals surface area contributed by atoms with Crippen LogP contribution in [-0.2, 0) is 16.7 Å². The number of hydrogen-bond donors (Lipinski definition) is 1. The second-order valence-corrected chi connectivity index (χ2v) is 6.28. The van der Waals surface area contributed by atoms with Crippen molar-refractivity contribution in [2.45, 2.75) is 31.7 Å². The Labute approximate surface area is 146 Å². The summed E-state index contributed by atoms with van der Waals surface area (Å²) < 4.78 is 52.5. The van der Waals surface area contributed by atoms with Gasteiger partial charge in [0, 0.05) is 17.5 Å². The van der Waals surface area contributed by atoms with Crippen LogP contribution in [0, 0.1) is 12.7 Å². The molecule has 9 heteroatoms. The molecule has 6 nitrogen and oxygen atoms in total. The third kappa shape index (κ3) is 2.93. The number of nitrogens with zero attached hydrogens (tertiary/aromatic N) is 2. The first-order chi connectivity index (χ1) is 12.1. The van der Waals surface area contributed by atoms with E-state index in [9.17, 15) is 18.0 Å². The molecule has 2 heterocycles. The number of hydrogen-bond acceptors (Lipinski definition) is 6. The quantitative estimate of drug-likeness (QED) is 0.839. The van der Waals surface area contributed by atoms with Gasteiger partial charge in [0.2, 0.25) is 0 Å². The summed E-state index contributed by atoms with van der Waals surface area (Å²) in [4.78, 5) is 15.9. The van der Waals surface area contributed by atoms with Gasteiger partial charge >= 0.3 is 5.92 Å². The Kier molecular flexibility index (Phi) is 4.25. The number of aliphatic imine (C=N–C) groups is 1. The number of carbonyl (C=O) groups excluding carboxylic acids is 1. The summed E-state index contributed by atoms with van der Waals surface area (Å²) >= 11 is 0. The molecule has 138 valence electrons. The molecule has 2 aromatic rings. The van der Waals surface area contributed by atoms with Crippen LogP contribution in [0.15, 0.2) is 34.0 Å². The van der Waals surface area contributed by atoms with Gasteiger partial charge in [-0.05, 0) is 31.5 Å². The zero-order chi connectivity index (χ0) is 19.1. The molecular weight excluding hydrogens is 351 g/mol. The zero-order valence-electron chi connectivity index (χ0n) is 14.1. The van der Waals surface area contributed by atoms with E-state index in [1.165, 1.54) is 18.4 Å². The number of aromatic nitrogens is 1. The third-order valence-electron chi connectivity index (χ3n) is 4.38. The molecule has 1 aliphatic rings. The van der Waals surface area contributed by atoms with Gasteiger partial charge in [-0.15, -0.1) is 0 Å². The highest BCUT2D eigenvalue weighted by Gasteiger charge is 2.56. The first kappa shape index (κ1) is 18.0. The second kappa shape index (κ2) is 6.15. The van der Waals surface area contributed by atoms with Gasteiger partial charge < -0.3 is 15.0 Å². The van der Waals surface area contributed by atoms with Crippen LogP contribution in [0.5, 0.6) is 0 Å². The van der Waals surface area contributed by atoms with Crippen molar-refractivity contribution in [1.29, 1.82) is 0 Å². The Hall–Kier alpha value is -2.84. The minimum absolute atomic E-state index is 0.140. The van der Waals surface area contributed by atoms with Crippen molar-refractivity contribution in [3.8, 4) is 0 Å². The molecule has 1 atom stereocenters. The molecule has 0 bridgehead atoms. The molecule has 1 aliphatic heterocycles. The Morgan fingerprint density at radius 3 is 2.77 bits per heavy atom. The van der Waals surface area contributed by atoms with Gasteiger partial charge in [0.15, 0.2) is 23.6 Å². The Bertz CT molecular complexity index is 894. The van der Waals surface area contributed by atoms with Crippen molar-refractivity contribution in [2.75, 3.05) is 6.61 Å². The predicted molar refractivity (Wildman–Crippen MR) is 85.5 cm³/mol. The van der Waals surface area contributed by atoms with Gasteiger partial charge in [0.25, 0.3) is 6.02 Å². The molecule has 1 aromatic carbocycles. The van der Waals surface area contributed by atoms with Crippen molar-refractivity contribution < 1.29 is 27.2 Å². The van der Waals surface area contributed by atoms with E-state index >= 15 is 0 Å². The maximum atomic E-state index is 14.4. The normalized spacial score (nSPS) is 21.8. The standard InChI is InChI=1S/C17H16F3N3O3/c1-9-7-26-23-14(9)13(24)6-10-3-4-12(18)11(5-10)16(2)17(19,20)8-25-15(21)22-16/h3-5,7H,6,8H2,1-2H3,(H2,21,22)/t16-/m1/s1. The van der Waals surface area contributed by atoms with E-state index < -0.39 is 29.9 Å². The summed E-state index contributed by atoms with van der Waals surface area (Å²) in [6, 6.07) is 3.12. The number of benzene rings is 1. The number of carbonyl (C=O) groups is 1. The molecule has 2 N–H and O–H groups in total. The highest BCUT2D eigenvalue weighted by molar-refractivity contribution is 5.96. The average Bonchev–Trinajstić information content (AvgIpc) is 2.99. The number of aryl methyl sites for hydroxylation is 1. The maximum Gasteiger partial charge on any atom is 0.310 e. The van der Waals surface area contributed by atoms with E-state index in [0.29, 0.717) is 11.1 Å². The van der Waals surface area contributed by atoms with E-state index in [0.717, 1.165) is 13.0 Å². The molecule has 0 radical (unpaired) electrons. The van der Waals surface area contributed by atoms with Crippen LogP contribution in [0.4, 0.5) is 13.2 Å². The maximum absolute atomic E-state index is 14.4. The van der Waals surface area contributed by atoms with Gasteiger partial charge in [0.1, 0.15) is 12.1 Å². The zero-order valence-corrected chi connectivity index (χ0v) is 14.1. The second-order valence-electron chi connectivity index (χ2n) is 6.28. The largest absolute Gasteiger partial charge is 0.459 e. The van der Waals surface area contributed by atoms with Crippen LogP contribution in [0.25, 0.3) is 0 Å². The number of halogens is 3. The number of nitrogens with two attached hydrogens (primary N) is 1. The van der Waals surface area contributed by atoms with E-state index in [-0.39, 0.29) is 23.5 Å². The molecule has 3 rings (SSSR count). The molecule has 0 unspecified atom stereocenters. The monoisotopic (exact) mass is 367 g/mol. The Morgan fingerprint density at radius 2 is 2.12 bits per heavy atom. The SMILES string of the molecule is Cc1conc1C(=O)Cc1ccc(F)c([C@@]2(C)N=C(N)OCC2(F)F)c1. The Balaban J connectivity index is 1.99. The summed E-state index contributed by atoms with van der Waals surface area (Å²) in [5.41, 5.74) is 3.84. The lowest BCUT2D eigenvalue weighted by Gasteiger charge is -2.37. The number of alkyl halides is 2. The number of Topliss-reactive ketones (excluding diaryl/α,β-unsaturated/α-hetero) is 1. The molecule has 1 aromatic heterocycles. The molecule has 26 heavy (non-hydrogen) atoms. The average molecular weight is 367 g/mol.